The van der Waals surface area contributed by atoms with Gasteiger partial charge in [-0.05, 0) is 5.56 Å². The van der Waals surface area contributed by atoms with Crippen LogP contribution >= 0.6 is 11.3 Å². The van der Waals surface area contributed by atoms with Crippen LogP contribution in [-0.2, 0) is 18.0 Å². The number of carbonyl (C=O) groups is 1. The molecule has 0 unspecified atom stereocenters. The molecule has 2 aromatic carbocycles. The minimum Gasteiger partial charge on any atom is -0.330 e. The van der Waals surface area contributed by atoms with E-state index in [0.717, 1.165) is 21.8 Å². The first-order chi connectivity index (χ1) is 11.8. The fraction of sp³-hybridized carbons (Fsp3) is 0.111. The van der Waals surface area contributed by atoms with Gasteiger partial charge in [0.05, 0.1) is 18.8 Å². The summed E-state index contributed by atoms with van der Waals surface area (Å²) in [6.45, 7) is 0.682. The summed E-state index contributed by atoms with van der Waals surface area (Å²) in [7, 11) is 0. The van der Waals surface area contributed by atoms with Gasteiger partial charge >= 0.3 is 6.03 Å². The third kappa shape index (κ3) is 4.65. The molecule has 3 rings (SSSR count). The van der Waals surface area contributed by atoms with Gasteiger partial charge in [0.1, 0.15) is 5.01 Å². The first-order valence-electron chi connectivity index (χ1n) is 7.50. The highest BCUT2D eigenvalue weighted by Gasteiger charge is 2.06. The van der Waals surface area contributed by atoms with Gasteiger partial charge in [0, 0.05) is 10.9 Å². The van der Waals surface area contributed by atoms with E-state index >= 15 is 0 Å². The summed E-state index contributed by atoms with van der Waals surface area (Å²) in [6.07, 6.45) is 0. The lowest BCUT2D eigenvalue weighted by molar-refractivity contribution is 0.0490. The Morgan fingerprint density at radius 2 is 1.75 bits per heavy atom. The van der Waals surface area contributed by atoms with E-state index in [0.29, 0.717) is 13.2 Å². The minimum absolute atomic E-state index is 0.323. The summed E-state index contributed by atoms with van der Waals surface area (Å²) >= 11 is 1.51. The molecule has 6 heteroatoms. The van der Waals surface area contributed by atoms with Crippen LogP contribution in [0.5, 0.6) is 0 Å². The van der Waals surface area contributed by atoms with Gasteiger partial charge in [-0.15, -0.1) is 11.3 Å². The van der Waals surface area contributed by atoms with Gasteiger partial charge in [-0.25, -0.2) is 15.3 Å². The fourth-order valence-electron chi connectivity index (χ4n) is 2.08. The van der Waals surface area contributed by atoms with Crippen LogP contribution in [0.15, 0.2) is 66.0 Å². The molecule has 2 amide bonds. The van der Waals surface area contributed by atoms with Gasteiger partial charge in [-0.1, -0.05) is 60.7 Å². The molecule has 1 aromatic heterocycles. The number of nitrogens with zero attached hydrogens (tertiary/aromatic N) is 1. The van der Waals surface area contributed by atoms with Crippen molar-refractivity contribution in [1.29, 1.82) is 0 Å². The summed E-state index contributed by atoms with van der Waals surface area (Å²) < 4.78 is 0. The molecule has 5 nitrogen and oxygen atoms in total. The SMILES string of the molecule is O=C(NCc1nc(-c2ccccc2)cs1)NOCc1ccccc1. The van der Waals surface area contributed by atoms with Crippen molar-refractivity contribution in [3.05, 3.63) is 76.6 Å². The molecular formula is C18H17N3O2S. The fourth-order valence-corrected chi connectivity index (χ4v) is 2.83. The number of hydroxylamine groups is 1. The monoisotopic (exact) mass is 339 g/mol. The normalized spacial score (nSPS) is 10.3. The van der Waals surface area contributed by atoms with Crippen molar-refractivity contribution in [3.8, 4) is 11.3 Å². The molecule has 0 aliphatic rings. The Hall–Kier alpha value is -2.70. The summed E-state index contributed by atoms with van der Waals surface area (Å²) in [6, 6.07) is 19.2. The molecule has 0 atom stereocenters. The lowest BCUT2D eigenvalue weighted by Crippen LogP contribution is -2.34. The lowest BCUT2D eigenvalue weighted by Gasteiger charge is -2.06. The Labute approximate surface area is 144 Å². The van der Waals surface area contributed by atoms with E-state index in [1.165, 1.54) is 11.3 Å². The first kappa shape index (κ1) is 16.2. The Bertz CT molecular complexity index is 775. The van der Waals surface area contributed by atoms with Crippen LogP contribution in [-0.4, -0.2) is 11.0 Å². The second-order valence-corrected chi connectivity index (χ2v) is 5.99. The zero-order chi connectivity index (χ0) is 16.6. The largest absolute Gasteiger partial charge is 0.339 e. The molecule has 24 heavy (non-hydrogen) atoms. The van der Waals surface area contributed by atoms with Gasteiger partial charge < -0.3 is 5.32 Å². The maximum Gasteiger partial charge on any atom is 0.339 e. The van der Waals surface area contributed by atoms with E-state index < -0.39 is 0 Å². The van der Waals surface area contributed by atoms with Crippen molar-refractivity contribution < 1.29 is 9.63 Å². The number of benzene rings is 2. The van der Waals surface area contributed by atoms with E-state index in [-0.39, 0.29) is 6.03 Å². The summed E-state index contributed by atoms with van der Waals surface area (Å²) in [4.78, 5) is 21.4. The molecule has 3 aromatic rings. The van der Waals surface area contributed by atoms with E-state index in [4.69, 9.17) is 4.84 Å². The van der Waals surface area contributed by atoms with E-state index in [2.05, 4.69) is 15.8 Å². The molecule has 0 saturated carbocycles. The molecular weight excluding hydrogens is 322 g/mol. The maximum absolute atomic E-state index is 11.7. The summed E-state index contributed by atoms with van der Waals surface area (Å²) in [5, 5.41) is 5.55. The molecule has 122 valence electrons. The second-order valence-electron chi connectivity index (χ2n) is 5.05. The zero-order valence-corrected chi connectivity index (χ0v) is 13.8. The van der Waals surface area contributed by atoms with Crippen LogP contribution in [0, 0.1) is 0 Å². The van der Waals surface area contributed by atoms with Gasteiger partial charge in [0.25, 0.3) is 0 Å². The molecule has 2 N–H and O–H groups in total. The Kier molecular flexibility index (Phi) is 5.55. The molecule has 1 heterocycles. The highest BCUT2D eigenvalue weighted by atomic mass is 32.1. The second kappa shape index (κ2) is 8.24. The van der Waals surface area contributed by atoms with Gasteiger partial charge in [0.2, 0.25) is 0 Å². The molecule has 0 radical (unpaired) electrons. The topological polar surface area (TPSA) is 63.2 Å². The number of hydrogen-bond donors (Lipinski definition) is 2. The van der Waals surface area contributed by atoms with Crippen LogP contribution in [0.1, 0.15) is 10.6 Å². The van der Waals surface area contributed by atoms with Crippen molar-refractivity contribution in [1.82, 2.24) is 15.8 Å². The van der Waals surface area contributed by atoms with Crippen LogP contribution in [0.3, 0.4) is 0 Å². The highest BCUT2D eigenvalue weighted by molar-refractivity contribution is 7.09. The van der Waals surface area contributed by atoms with Crippen LogP contribution in [0.25, 0.3) is 11.3 Å². The number of urea groups is 1. The molecule has 0 bridgehead atoms. The Balaban J connectivity index is 1.42. The van der Waals surface area contributed by atoms with E-state index in [1.807, 2.05) is 66.0 Å². The molecule has 0 aliphatic heterocycles. The average Bonchev–Trinajstić information content (AvgIpc) is 3.11. The number of amides is 2. The molecule has 0 saturated heterocycles. The van der Waals surface area contributed by atoms with Crippen molar-refractivity contribution in [3.63, 3.8) is 0 Å². The van der Waals surface area contributed by atoms with Crippen molar-refractivity contribution in [2.75, 3.05) is 0 Å². The summed E-state index contributed by atoms with van der Waals surface area (Å²) in [5.74, 6) is 0. The molecule has 0 aliphatic carbocycles. The van der Waals surface area contributed by atoms with Crippen molar-refractivity contribution in [2.24, 2.45) is 0 Å². The number of carbonyl (C=O) groups excluding carboxylic acids is 1. The Morgan fingerprint density at radius 1 is 1.04 bits per heavy atom. The quantitative estimate of drug-likeness (QED) is 0.673. The van der Waals surface area contributed by atoms with Gasteiger partial charge in [-0.2, -0.15) is 0 Å². The number of aromatic nitrogens is 1. The smallest absolute Gasteiger partial charge is 0.330 e. The van der Waals surface area contributed by atoms with Crippen LogP contribution < -0.4 is 10.8 Å². The standard InChI is InChI=1S/C18H17N3O2S/c22-18(21-23-12-14-7-3-1-4-8-14)19-11-17-20-16(13-24-17)15-9-5-2-6-10-15/h1-10,13H,11-12H2,(H2,19,21,22). The number of rotatable bonds is 6. The van der Waals surface area contributed by atoms with E-state index in [9.17, 15) is 4.79 Å². The Morgan fingerprint density at radius 3 is 2.50 bits per heavy atom. The average molecular weight is 339 g/mol. The maximum atomic E-state index is 11.7. The zero-order valence-electron chi connectivity index (χ0n) is 12.9. The molecule has 0 fully saturated rings. The lowest BCUT2D eigenvalue weighted by atomic mass is 10.2. The van der Waals surface area contributed by atoms with E-state index in [1.54, 1.807) is 0 Å². The van der Waals surface area contributed by atoms with Crippen molar-refractivity contribution >= 4 is 17.4 Å². The molecule has 0 spiro atoms. The third-order valence-electron chi connectivity index (χ3n) is 3.27. The third-order valence-corrected chi connectivity index (χ3v) is 4.12. The van der Waals surface area contributed by atoms with Crippen molar-refractivity contribution in [2.45, 2.75) is 13.2 Å². The summed E-state index contributed by atoms with van der Waals surface area (Å²) in [5.41, 5.74) is 5.34. The number of nitrogens with one attached hydrogen (secondary N) is 2. The predicted molar refractivity (Wildman–Crippen MR) is 94.2 cm³/mol. The van der Waals surface area contributed by atoms with Gasteiger partial charge in [-0.3, -0.25) is 4.84 Å². The first-order valence-corrected chi connectivity index (χ1v) is 8.38. The number of thiazole rings is 1. The van der Waals surface area contributed by atoms with Crippen LogP contribution in [0.2, 0.25) is 0 Å². The van der Waals surface area contributed by atoms with Gasteiger partial charge in [0.15, 0.2) is 0 Å². The van der Waals surface area contributed by atoms with Crippen LogP contribution in [0.4, 0.5) is 4.79 Å². The number of hydrogen-bond acceptors (Lipinski definition) is 4. The predicted octanol–water partition coefficient (Wildman–Crippen LogP) is 3.74. The highest BCUT2D eigenvalue weighted by Crippen LogP contribution is 2.21. The minimum atomic E-state index is -0.387.